The molecule has 1 aliphatic rings. The van der Waals surface area contributed by atoms with Crippen LogP contribution in [0.2, 0.25) is 0 Å². The summed E-state index contributed by atoms with van der Waals surface area (Å²) in [5.41, 5.74) is 3.20. The van der Waals surface area contributed by atoms with Gasteiger partial charge in [-0.1, -0.05) is 47.5 Å². The molecule has 202 valence electrons. The largest absolute Gasteiger partial charge is 0.481 e. The first-order valence-corrected chi connectivity index (χ1v) is 12.4. The molecule has 4 amide bonds. The van der Waals surface area contributed by atoms with E-state index in [4.69, 9.17) is 0 Å². The van der Waals surface area contributed by atoms with Crippen molar-refractivity contribution in [1.82, 2.24) is 15.1 Å². The number of urea groups is 1. The Bertz CT molecular complexity index is 1360. The summed E-state index contributed by atoms with van der Waals surface area (Å²) in [5, 5.41) is 14.9. The maximum atomic E-state index is 13.7. The van der Waals surface area contributed by atoms with E-state index in [1.54, 1.807) is 36.4 Å². The molecule has 0 spiro atoms. The number of aryl methyl sites for hydroxylation is 2. The third-order valence-electron chi connectivity index (χ3n) is 6.50. The number of carbonyl (C=O) groups excluding carboxylic acids is 3. The van der Waals surface area contributed by atoms with Crippen molar-refractivity contribution in [3.63, 3.8) is 0 Å². The summed E-state index contributed by atoms with van der Waals surface area (Å²) in [4.78, 5) is 54.6. The van der Waals surface area contributed by atoms with Crippen LogP contribution < -0.4 is 10.6 Å². The van der Waals surface area contributed by atoms with E-state index in [0.717, 1.165) is 11.1 Å². The Morgan fingerprint density at radius 3 is 2.03 bits per heavy atom. The molecule has 9 nitrogen and oxygen atoms in total. The lowest BCUT2D eigenvalue weighted by Crippen LogP contribution is -2.55. The first-order valence-electron chi connectivity index (χ1n) is 12.4. The Balaban J connectivity index is 1.63. The maximum absolute atomic E-state index is 13.7. The van der Waals surface area contributed by atoms with Crippen LogP contribution in [0.15, 0.2) is 72.8 Å². The number of rotatable bonds is 7. The fourth-order valence-electron chi connectivity index (χ4n) is 4.40. The quantitative estimate of drug-likeness (QED) is 0.424. The summed E-state index contributed by atoms with van der Waals surface area (Å²) in [6.07, 6.45) is -1.83. The van der Waals surface area contributed by atoms with Crippen LogP contribution in [0.5, 0.6) is 0 Å². The van der Waals surface area contributed by atoms with Crippen molar-refractivity contribution < 1.29 is 28.7 Å². The number of aliphatic carboxylic acids is 1. The van der Waals surface area contributed by atoms with Gasteiger partial charge in [-0.15, -0.1) is 0 Å². The first-order chi connectivity index (χ1) is 18.6. The summed E-state index contributed by atoms with van der Waals surface area (Å²) in [7, 11) is 0. The second-order valence-electron chi connectivity index (χ2n) is 9.44. The molecular weight excluding hydrogens is 503 g/mol. The molecule has 4 rings (SSSR count). The molecule has 0 radical (unpaired) electrons. The van der Waals surface area contributed by atoms with Gasteiger partial charge >= 0.3 is 12.0 Å². The molecule has 2 atom stereocenters. The van der Waals surface area contributed by atoms with Gasteiger partial charge in [0, 0.05) is 24.3 Å². The average molecular weight is 533 g/mol. The van der Waals surface area contributed by atoms with Gasteiger partial charge in [-0.25, -0.2) is 9.18 Å². The predicted octanol–water partition coefficient (Wildman–Crippen LogP) is 4.09. The molecule has 1 saturated heterocycles. The van der Waals surface area contributed by atoms with Crippen molar-refractivity contribution in [3.05, 3.63) is 101 Å². The average Bonchev–Trinajstić information content (AvgIpc) is 3.35. The van der Waals surface area contributed by atoms with Crippen molar-refractivity contribution in [1.29, 1.82) is 0 Å². The highest BCUT2D eigenvalue weighted by atomic mass is 19.1. The molecule has 39 heavy (non-hydrogen) atoms. The summed E-state index contributed by atoms with van der Waals surface area (Å²) < 4.78 is 13.5. The minimum absolute atomic E-state index is 0.0769. The minimum atomic E-state index is -1.35. The number of nitrogens with zero attached hydrogens (tertiary/aromatic N) is 2. The third kappa shape index (κ3) is 6.59. The van der Waals surface area contributed by atoms with Crippen LogP contribution in [0.1, 0.15) is 39.5 Å². The van der Waals surface area contributed by atoms with E-state index >= 15 is 0 Å². The van der Waals surface area contributed by atoms with Gasteiger partial charge in [-0.05, 0) is 55.8 Å². The Hall–Kier alpha value is -4.73. The minimum Gasteiger partial charge on any atom is -0.481 e. The molecule has 0 aliphatic carbocycles. The molecule has 2 unspecified atom stereocenters. The smallest absolute Gasteiger partial charge is 0.323 e. The molecule has 3 aromatic carbocycles. The topological polar surface area (TPSA) is 119 Å². The summed E-state index contributed by atoms with van der Waals surface area (Å²) in [6, 6.07) is 17.5. The van der Waals surface area contributed by atoms with Crippen LogP contribution in [0, 0.1) is 19.7 Å². The molecule has 10 heteroatoms. The molecule has 3 N–H and O–H groups in total. The lowest BCUT2D eigenvalue weighted by Gasteiger charge is -2.31. The Morgan fingerprint density at radius 1 is 0.872 bits per heavy atom. The molecule has 0 saturated carbocycles. The van der Waals surface area contributed by atoms with Crippen LogP contribution in [0.25, 0.3) is 0 Å². The summed E-state index contributed by atoms with van der Waals surface area (Å²) in [6.45, 7) is 3.96. The number of hydrogen-bond donors (Lipinski definition) is 3. The van der Waals surface area contributed by atoms with Crippen LogP contribution in [-0.2, 0) is 9.59 Å². The zero-order chi connectivity index (χ0) is 28.1. The molecule has 3 aromatic rings. The van der Waals surface area contributed by atoms with Gasteiger partial charge < -0.3 is 20.6 Å². The first kappa shape index (κ1) is 27.3. The lowest BCUT2D eigenvalue weighted by molar-refractivity contribution is -0.138. The van der Waals surface area contributed by atoms with Gasteiger partial charge in [0.15, 0.2) is 6.17 Å². The zero-order valence-corrected chi connectivity index (χ0v) is 21.6. The van der Waals surface area contributed by atoms with E-state index in [9.17, 15) is 28.7 Å². The van der Waals surface area contributed by atoms with Gasteiger partial charge in [0.25, 0.3) is 11.8 Å². The number of carboxylic acid groups (broad SMARTS) is 1. The van der Waals surface area contributed by atoms with E-state index in [1.807, 2.05) is 26.0 Å². The molecular formula is C29H29FN4O5. The van der Waals surface area contributed by atoms with Gasteiger partial charge in [-0.2, -0.15) is 0 Å². The zero-order valence-electron chi connectivity index (χ0n) is 21.6. The van der Waals surface area contributed by atoms with Crippen molar-refractivity contribution in [3.8, 4) is 0 Å². The predicted molar refractivity (Wildman–Crippen MR) is 142 cm³/mol. The highest BCUT2D eigenvalue weighted by molar-refractivity contribution is 6.00. The summed E-state index contributed by atoms with van der Waals surface area (Å²) >= 11 is 0. The van der Waals surface area contributed by atoms with E-state index in [2.05, 4.69) is 10.6 Å². The molecule has 1 fully saturated rings. The number of amides is 4. The number of carbonyl (C=O) groups is 4. The number of halogens is 1. The van der Waals surface area contributed by atoms with Gasteiger partial charge in [0.2, 0.25) is 0 Å². The maximum Gasteiger partial charge on any atom is 0.323 e. The summed E-state index contributed by atoms with van der Waals surface area (Å²) in [5.74, 6) is -2.87. The second kappa shape index (κ2) is 11.8. The number of anilines is 1. The number of nitrogens with one attached hydrogen (secondary N) is 2. The van der Waals surface area contributed by atoms with E-state index < -0.39 is 48.3 Å². The van der Waals surface area contributed by atoms with Crippen LogP contribution >= 0.6 is 0 Å². The van der Waals surface area contributed by atoms with Crippen LogP contribution in [0.4, 0.5) is 14.9 Å². The fraction of sp³-hybridized carbons (Fsp3) is 0.241. The fourth-order valence-corrected chi connectivity index (χ4v) is 4.40. The van der Waals surface area contributed by atoms with Gasteiger partial charge in [0.1, 0.15) is 5.82 Å². The van der Waals surface area contributed by atoms with E-state index in [1.165, 1.54) is 34.1 Å². The van der Waals surface area contributed by atoms with Crippen molar-refractivity contribution >= 4 is 29.5 Å². The number of carboxylic acids is 1. The molecule has 1 aliphatic heterocycles. The molecule has 0 bridgehead atoms. The van der Waals surface area contributed by atoms with Gasteiger partial charge in [-0.3, -0.25) is 19.3 Å². The number of benzene rings is 3. The second-order valence-corrected chi connectivity index (χ2v) is 9.44. The highest BCUT2D eigenvalue weighted by Gasteiger charge is 2.43. The monoisotopic (exact) mass is 532 g/mol. The van der Waals surface area contributed by atoms with Gasteiger partial charge in [0.05, 0.1) is 12.5 Å². The van der Waals surface area contributed by atoms with Crippen LogP contribution in [-0.4, -0.2) is 58.0 Å². The molecule has 0 aromatic heterocycles. The lowest BCUT2D eigenvalue weighted by atomic mass is 10.0. The van der Waals surface area contributed by atoms with Crippen molar-refractivity contribution in [2.75, 3.05) is 18.4 Å². The molecule has 1 heterocycles. The number of hydrogen-bond acceptors (Lipinski definition) is 4. The highest BCUT2D eigenvalue weighted by Crippen LogP contribution is 2.24. The Morgan fingerprint density at radius 2 is 1.44 bits per heavy atom. The van der Waals surface area contributed by atoms with E-state index in [-0.39, 0.29) is 13.1 Å². The van der Waals surface area contributed by atoms with E-state index in [0.29, 0.717) is 16.8 Å². The normalized spacial score (nSPS) is 15.5. The Labute approximate surface area is 225 Å². The SMILES string of the molecule is Cc1ccc(NC(=O)N2CCN(C(=O)c3ccc(C)cc3)C2C(=O)NC(CC(=O)O)c2ccc(F)cc2)cc1. The van der Waals surface area contributed by atoms with Crippen molar-refractivity contribution in [2.45, 2.75) is 32.5 Å². The standard InChI is InChI=1S/C29H29FN4O5/c1-18-3-7-21(8-4-18)28(38)33-15-16-34(29(39)31-23-13-5-19(2)6-14-23)27(33)26(37)32-24(17-25(35)36)20-9-11-22(30)12-10-20/h3-14,24,27H,15-17H2,1-2H3,(H,31,39)(H,32,37)(H,35,36). The van der Waals surface area contributed by atoms with Crippen molar-refractivity contribution in [2.24, 2.45) is 0 Å². The third-order valence-corrected chi connectivity index (χ3v) is 6.50. The van der Waals surface area contributed by atoms with Crippen LogP contribution in [0.3, 0.4) is 0 Å². The Kier molecular flexibility index (Phi) is 8.24.